The Kier molecular flexibility index (Phi) is 3.44. The van der Waals surface area contributed by atoms with Gasteiger partial charge in [-0.05, 0) is 38.6 Å². The molecule has 1 aliphatic heterocycles. The predicted molar refractivity (Wildman–Crippen MR) is 63.4 cm³/mol. The number of rotatable bonds is 3. The van der Waals surface area contributed by atoms with Crippen LogP contribution in [-0.4, -0.2) is 36.1 Å². The van der Waals surface area contributed by atoms with Crippen molar-refractivity contribution in [2.24, 2.45) is 0 Å². The second kappa shape index (κ2) is 4.81. The van der Waals surface area contributed by atoms with Crippen molar-refractivity contribution >= 4 is 17.4 Å². The third-order valence-electron chi connectivity index (χ3n) is 2.91. The maximum absolute atomic E-state index is 5.81. The molecule has 0 aliphatic carbocycles. The van der Waals surface area contributed by atoms with Crippen LogP contribution in [0.3, 0.4) is 0 Å². The molecule has 0 bridgehead atoms. The Morgan fingerprint density at radius 2 is 2.47 bits per heavy atom. The molecule has 1 aromatic heterocycles. The molecule has 15 heavy (non-hydrogen) atoms. The Balaban J connectivity index is 1.87. The second-order valence-corrected chi connectivity index (χ2v) is 4.39. The molecule has 0 amide bonds. The summed E-state index contributed by atoms with van der Waals surface area (Å²) in [4.78, 5) is 6.58. The van der Waals surface area contributed by atoms with E-state index in [9.17, 15) is 0 Å². The van der Waals surface area contributed by atoms with Gasteiger partial charge in [0.25, 0.3) is 0 Å². The van der Waals surface area contributed by atoms with E-state index in [0.717, 1.165) is 12.4 Å². The molecule has 0 spiro atoms. The lowest BCUT2D eigenvalue weighted by molar-refractivity contribution is 0.322. The Morgan fingerprint density at radius 3 is 3.13 bits per heavy atom. The molecule has 0 aromatic carbocycles. The van der Waals surface area contributed by atoms with Crippen LogP contribution in [0.1, 0.15) is 12.8 Å². The molecule has 2 heterocycles. The summed E-state index contributed by atoms with van der Waals surface area (Å²) in [5, 5.41) is 3.86. The molecular weight excluding hydrogens is 210 g/mol. The summed E-state index contributed by atoms with van der Waals surface area (Å²) < 4.78 is 0. The minimum absolute atomic E-state index is 0.541. The lowest BCUT2D eigenvalue weighted by atomic mass is 10.2. The first-order chi connectivity index (χ1) is 7.25. The van der Waals surface area contributed by atoms with Gasteiger partial charge < -0.3 is 10.2 Å². The first-order valence-electron chi connectivity index (χ1n) is 5.32. The highest BCUT2D eigenvalue weighted by Crippen LogP contribution is 2.16. The lowest BCUT2D eigenvalue weighted by Crippen LogP contribution is -2.31. The third-order valence-corrected chi connectivity index (χ3v) is 3.12. The van der Waals surface area contributed by atoms with Crippen LogP contribution in [0.4, 0.5) is 5.82 Å². The smallest absolute Gasteiger partial charge is 0.131 e. The van der Waals surface area contributed by atoms with Crippen LogP contribution in [0, 0.1) is 0 Å². The summed E-state index contributed by atoms with van der Waals surface area (Å²) in [7, 11) is 2.17. The number of halogens is 1. The summed E-state index contributed by atoms with van der Waals surface area (Å²) in [6.07, 6.45) is 2.57. The first-order valence-corrected chi connectivity index (χ1v) is 5.70. The van der Waals surface area contributed by atoms with Gasteiger partial charge in [-0.2, -0.15) is 0 Å². The normalized spacial score (nSPS) is 21.9. The van der Waals surface area contributed by atoms with Gasteiger partial charge in [0, 0.05) is 12.6 Å². The van der Waals surface area contributed by atoms with Gasteiger partial charge in [0.1, 0.15) is 11.0 Å². The van der Waals surface area contributed by atoms with E-state index in [1.165, 1.54) is 19.4 Å². The summed E-state index contributed by atoms with van der Waals surface area (Å²) >= 11 is 5.81. The highest BCUT2D eigenvalue weighted by molar-refractivity contribution is 6.29. The van der Waals surface area contributed by atoms with Gasteiger partial charge >= 0.3 is 0 Å². The number of aromatic nitrogens is 1. The standard InChI is InChI=1S/C11H16ClN3/c1-15-7-3-4-9(15)8-13-11-6-2-5-10(12)14-11/h2,5-6,9H,3-4,7-8H2,1H3,(H,13,14). The number of likely N-dealkylation sites (N-methyl/N-ethyl adjacent to an activating group) is 1. The molecule has 3 nitrogen and oxygen atoms in total. The third kappa shape index (κ3) is 2.83. The molecule has 1 unspecified atom stereocenters. The Labute approximate surface area is 95.4 Å². The second-order valence-electron chi connectivity index (χ2n) is 4.00. The molecule has 0 saturated carbocycles. The van der Waals surface area contributed by atoms with Crippen LogP contribution in [0.25, 0.3) is 0 Å². The van der Waals surface area contributed by atoms with Gasteiger partial charge in [0.2, 0.25) is 0 Å². The number of hydrogen-bond donors (Lipinski definition) is 1. The Bertz CT molecular complexity index is 329. The van der Waals surface area contributed by atoms with Gasteiger partial charge in [0.05, 0.1) is 0 Å². The fourth-order valence-corrected chi connectivity index (χ4v) is 2.13. The average Bonchev–Trinajstić information content (AvgIpc) is 2.61. The first kappa shape index (κ1) is 10.7. The topological polar surface area (TPSA) is 28.2 Å². The number of pyridine rings is 1. The number of nitrogens with one attached hydrogen (secondary N) is 1. The average molecular weight is 226 g/mol. The number of anilines is 1. The van der Waals surface area contributed by atoms with Crippen molar-refractivity contribution in [2.45, 2.75) is 18.9 Å². The molecule has 0 radical (unpaired) electrons. The van der Waals surface area contributed by atoms with Crippen LogP contribution >= 0.6 is 11.6 Å². The summed E-state index contributed by atoms with van der Waals surface area (Å²) in [6.45, 7) is 2.15. The van der Waals surface area contributed by atoms with Gasteiger partial charge in [-0.25, -0.2) is 4.98 Å². The minimum Gasteiger partial charge on any atom is -0.368 e. The monoisotopic (exact) mass is 225 g/mol. The summed E-state index contributed by atoms with van der Waals surface area (Å²) in [5.74, 6) is 0.864. The highest BCUT2D eigenvalue weighted by Gasteiger charge is 2.20. The highest BCUT2D eigenvalue weighted by atomic mass is 35.5. The van der Waals surface area contributed by atoms with Crippen LogP contribution in [0.15, 0.2) is 18.2 Å². The van der Waals surface area contributed by atoms with Crippen LogP contribution < -0.4 is 5.32 Å². The van der Waals surface area contributed by atoms with Gasteiger partial charge in [0.15, 0.2) is 0 Å². The zero-order chi connectivity index (χ0) is 10.7. The van der Waals surface area contributed by atoms with E-state index in [-0.39, 0.29) is 0 Å². The fourth-order valence-electron chi connectivity index (χ4n) is 1.97. The Morgan fingerprint density at radius 1 is 1.60 bits per heavy atom. The van der Waals surface area contributed by atoms with Crippen LogP contribution in [-0.2, 0) is 0 Å². The number of hydrogen-bond acceptors (Lipinski definition) is 3. The fraction of sp³-hybridized carbons (Fsp3) is 0.545. The van der Waals surface area contributed by atoms with Crippen molar-refractivity contribution in [2.75, 3.05) is 25.5 Å². The summed E-state index contributed by atoms with van der Waals surface area (Å²) in [6, 6.07) is 6.27. The van der Waals surface area contributed by atoms with E-state index in [1.807, 2.05) is 12.1 Å². The molecule has 2 rings (SSSR count). The van der Waals surface area contributed by atoms with E-state index >= 15 is 0 Å². The van der Waals surface area contributed by atoms with E-state index in [2.05, 4.69) is 22.2 Å². The van der Waals surface area contributed by atoms with Gasteiger partial charge in [-0.1, -0.05) is 17.7 Å². The van der Waals surface area contributed by atoms with Crippen molar-refractivity contribution < 1.29 is 0 Å². The molecule has 82 valence electrons. The molecule has 1 aromatic rings. The minimum atomic E-state index is 0.541. The maximum atomic E-state index is 5.81. The Hall–Kier alpha value is -0.800. The number of nitrogens with zero attached hydrogens (tertiary/aromatic N) is 2. The van der Waals surface area contributed by atoms with Crippen molar-refractivity contribution in [3.8, 4) is 0 Å². The van der Waals surface area contributed by atoms with Crippen molar-refractivity contribution in [1.29, 1.82) is 0 Å². The molecular formula is C11H16ClN3. The van der Waals surface area contributed by atoms with Crippen LogP contribution in [0.5, 0.6) is 0 Å². The summed E-state index contributed by atoms with van der Waals surface area (Å²) in [5.41, 5.74) is 0. The molecule has 1 aliphatic rings. The van der Waals surface area contributed by atoms with Gasteiger partial charge in [-0.3, -0.25) is 0 Å². The number of likely N-dealkylation sites (tertiary alicyclic amines) is 1. The molecule has 1 saturated heterocycles. The lowest BCUT2D eigenvalue weighted by Gasteiger charge is -2.19. The van der Waals surface area contributed by atoms with Gasteiger partial charge in [-0.15, -0.1) is 0 Å². The van der Waals surface area contributed by atoms with E-state index < -0.39 is 0 Å². The van der Waals surface area contributed by atoms with E-state index in [4.69, 9.17) is 11.6 Å². The van der Waals surface area contributed by atoms with Crippen molar-refractivity contribution in [3.63, 3.8) is 0 Å². The van der Waals surface area contributed by atoms with E-state index in [1.54, 1.807) is 6.07 Å². The van der Waals surface area contributed by atoms with E-state index in [0.29, 0.717) is 11.2 Å². The molecule has 1 atom stereocenters. The molecule has 4 heteroatoms. The zero-order valence-corrected chi connectivity index (χ0v) is 9.67. The zero-order valence-electron chi connectivity index (χ0n) is 8.91. The predicted octanol–water partition coefficient (Wildman–Crippen LogP) is 2.24. The van der Waals surface area contributed by atoms with Crippen molar-refractivity contribution in [1.82, 2.24) is 9.88 Å². The van der Waals surface area contributed by atoms with Crippen LogP contribution in [0.2, 0.25) is 5.15 Å². The SMILES string of the molecule is CN1CCCC1CNc1cccc(Cl)n1. The largest absolute Gasteiger partial charge is 0.368 e. The van der Waals surface area contributed by atoms with Crippen molar-refractivity contribution in [3.05, 3.63) is 23.4 Å². The molecule has 1 fully saturated rings. The maximum Gasteiger partial charge on any atom is 0.131 e. The quantitative estimate of drug-likeness (QED) is 0.800. The molecule has 1 N–H and O–H groups in total.